The Kier molecular flexibility index (Phi) is 9.68. The third kappa shape index (κ3) is 8.51. The van der Waals surface area contributed by atoms with Crippen LogP contribution in [0, 0.1) is 0 Å². The SMILES string of the molecule is CCOC(=O)Oc1ccc(C(=O)Nc2ccccc2CNC(=O)CCCOc2ccccc2)cc1. The van der Waals surface area contributed by atoms with E-state index in [9.17, 15) is 14.4 Å². The van der Waals surface area contributed by atoms with Crippen molar-refractivity contribution in [3.05, 3.63) is 90.0 Å². The maximum Gasteiger partial charge on any atom is 0.513 e. The highest BCUT2D eigenvalue weighted by molar-refractivity contribution is 6.04. The summed E-state index contributed by atoms with van der Waals surface area (Å²) in [5.74, 6) is 0.625. The van der Waals surface area contributed by atoms with E-state index in [1.165, 1.54) is 12.1 Å². The van der Waals surface area contributed by atoms with Gasteiger partial charge in [-0.3, -0.25) is 9.59 Å². The van der Waals surface area contributed by atoms with Gasteiger partial charge in [-0.1, -0.05) is 36.4 Å². The van der Waals surface area contributed by atoms with Gasteiger partial charge in [-0.25, -0.2) is 4.79 Å². The van der Waals surface area contributed by atoms with Gasteiger partial charge in [0.25, 0.3) is 5.91 Å². The van der Waals surface area contributed by atoms with Gasteiger partial charge in [-0.15, -0.1) is 0 Å². The van der Waals surface area contributed by atoms with Gasteiger partial charge in [0.05, 0.1) is 13.2 Å². The summed E-state index contributed by atoms with van der Waals surface area (Å²) in [5.41, 5.74) is 1.76. The average molecular weight is 477 g/mol. The standard InChI is InChI=1S/C27H28N2O6/c1-2-33-27(32)35-23-16-14-20(15-17-23)26(31)29-24-12-7-6-9-21(24)19-28-25(30)13-8-18-34-22-10-4-3-5-11-22/h3-7,9-12,14-17H,2,8,13,18-19H2,1H3,(H,28,30)(H,29,31). The lowest BCUT2D eigenvalue weighted by atomic mass is 10.1. The molecule has 0 fully saturated rings. The van der Waals surface area contributed by atoms with Gasteiger partial charge in [0.15, 0.2) is 0 Å². The highest BCUT2D eigenvalue weighted by atomic mass is 16.7. The van der Waals surface area contributed by atoms with Crippen molar-refractivity contribution in [1.29, 1.82) is 0 Å². The lowest BCUT2D eigenvalue weighted by molar-refractivity contribution is -0.121. The smallest absolute Gasteiger partial charge is 0.494 e. The van der Waals surface area contributed by atoms with Gasteiger partial charge in [0.1, 0.15) is 11.5 Å². The van der Waals surface area contributed by atoms with Crippen molar-refractivity contribution in [2.24, 2.45) is 0 Å². The van der Waals surface area contributed by atoms with Crippen molar-refractivity contribution < 1.29 is 28.6 Å². The maximum atomic E-state index is 12.7. The molecule has 0 heterocycles. The molecule has 8 heteroatoms. The van der Waals surface area contributed by atoms with Gasteiger partial charge >= 0.3 is 6.16 Å². The molecule has 0 unspecified atom stereocenters. The van der Waals surface area contributed by atoms with Gasteiger partial charge in [-0.2, -0.15) is 0 Å². The summed E-state index contributed by atoms with van der Waals surface area (Å²) < 4.78 is 15.3. The highest BCUT2D eigenvalue weighted by Gasteiger charge is 2.11. The zero-order chi connectivity index (χ0) is 24.9. The molecule has 3 rings (SSSR count). The molecule has 0 aromatic heterocycles. The van der Waals surface area contributed by atoms with Crippen LogP contribution in [-0.2, 0) is 16.1 Å². The van der Waals surface area contributed by atoms with Crippen LogP contribution in [-0.4, -0.2) is 31.2 Å². The Labute approximate surface area is 204 Å². The molecular weight excluding hydrogens is 448 g/mol. The Morgan fingerprint density at radius 3 is 2.29 bits per heavy atom. The molecule has 0 spiro atoms. The van der Waals surface area contributed by atoms with Gasteiger partial charge in [0.2, 0.25) is 5.91 Å². The van der Waals surface area contributed by atoms with E-state index in [1.807, 2.05) is 42.5 Å². The molecule has 0 aliphatic rings. The first-order chi connectivity index (χ1) is 17.0. The van der Waals surface area contributed by atoms with Crippen molar-refractivity contribution in [2.45, 2.75) is 26.3 Å². The summed E-state index contributed by atoms with van der Waals surface area (Å²) in [4.78, 5) is 36.3. The average Bonchev–Trinajstić information content (AvgIpc) is 2.87. The first-order valence-corrected chi connectivity index (χ1v) is 11.3. The summed E-state index contributed by atoms with van der Waals surface area (Å²) in [6, 6.07) is 22.8. The van der Waals surface area contributed by atoms with Crippen molar-refractivity contribution in [1.82, 2.24) is 5.32 Å². The Balaban J connectivity index is 1.47. The number of nitrogens with one attached hydrogen (secondary N) is 2. The zero-order valence-electron chi connectivity index (χ0n) is 19.5. The molecular formula is C27H28N2O6. The summed E-state index contributed by atoms with van der Waals surface area (Å²) in [6.45, 7) is 2.62. The molecule has 8 nitrogen and oxygen atoms in total. The monoisotopic (exact) mass is 476 g/mol. The normalized spacial score (nSPS) is 10.2. The molecule has 0 aliphatic heterocycles. The number of ether oxygens (including phenoxy) is 3. The molecule has 3 aromatic carbocycles. The fourth-order valence-electron chi connectivity index (χ4n) is 3.13. The van der Waals surface area contributed by atoms with Crippen molar-refractivity contribution in [3.63, 3.8) is 0 Å². The van der Waals surface area contributed by atoms with E-state index in [0.717, 1.165) is 11.3 Å². The van der Waals surface area contributed by atoms with Crippen molar-refractivity contribution in [3.8, 4) is 11.5 Å². The fourth-order valence-corrected chi connectivity index (χ4v) is 3.13. The van der Waals surface area contributed by atoms with Crippen LogP contribution >= 0.6 is 0 Å². The van der Waals surface area contributed by atoms with Crippen LogP contribution in [0.2, 0.25) is 0 Å². The lowest BCUT2D eigenvalue weighted by Crippen LogP contribution is -2.24. The number of anilines is 1. The third-order valence-corrected chi connectivity index (χ3v) is 4.88. The summed E-state index contributed by atoms with van der Waals surface area (Å²) in [7, 11) is 0. The first kappa shape index (κ1) is 25.3. The number of hydrogen-bond donors (Lipinski definition) is 2. The molecule has 0 aliphatic carbocycles. The predicted octanol–water partition coefficient (Wildman–Crippen LogP) is 4.95. The van der Waals surface area contributed by atoms with E-state index < -0.39 is 6.16 Å². The second-order valence-corrected chi connectivity index (χ2v) is 7.46. The summed E-state index contributed by atoms with van der Waals surface area (Å²) in [5, 5.41) is 5.74. The topological polar surface area (TPSA) is 103 Å². The van der Waals surface area contributed by atoms with Crippen LogP contribution < -0.4 is 20.1 Å². The maximum absolute atomic E-state index is 12.7. The second-order valence-electron chi connectivity index (χ2n) is 7.46. The number of amides is 2. The van der Waals surface area contributed by atoms with Gasteiger partial charge in [0, 0.05) is 24.2 Å². The van der Waals surface area contributed by atoms with Crippen LogP contribution in [0.4, 0.5) is 10.5 Å². The minimum absolute atomic E-state index is 0.0972. The molecule has 182 valence electrons. The molecule has 0 bridgehead atoms. The minimum atomic E-state index is -0.801. The van der Waals surface area contributed by atoms with Crippen LogP contribution in [0.3, 0.4) is 0 Å². The van der Waals surface area contributed by atoms with E-state index in [1.54, 1.807) is 31.2 Å². The Bertz CT molecular complexity index is 1120. The highest BCUT2D eigenvalue weighted by Crippen LogP contribution is 2.18. The number of para-hydroxylation sites is 2. The molecule has 0 atom stereocenters. The van der Waals surface area contributed by atoms with E-state index >= 15 is 0 Å². The summed E-state index contributed by atoms with van der Waals surface area (Å²) in [6.07, 6.45) is 0.126. The van der Waals surface area contributed by atoms with E-state index in [0.29, 0.717) is 30.7 Å². The predicted molar refractivity (Wildman–Crippen MR) is 132 cm³/mol. The molecule has 0 saturated heterocycles. The van der Waals surface area contributed by atoms with Gasteiger partial charge in [-0.05, 0) is 61.4 Å². The zero-order valence-corrected chi connectivity index (χ0v) is 19.5. The van der Waals surface area contributed by atoms with Crippen LogP contribution in [0.1, 0.15) is 35.7 Å². The number of carbonyl (C=O) groups excluding carboxylic acids is 3. The third-order valence-electron chi connectivity index (χ3n) is 4.88. The van der Waals surface area contributed by atoms with Gasteiger partial charge < -0.3 is 24.8 Å². The minimum Gasteiger partial charge on any atom is -0.494 e. The Morgan fingerprint density at radius 2 is 1.54 bits per heavy atom. The lowest BCUT2D eigenvalue weighted by Gasteiger charge is -2.12. The molecule has 3 aromatic rings. The molecule has 2 N–H and O–H groups in total. The number of carbonyl (C=O) groups is 3. The Hall–Kier alpha value is -4.33. The second kappa shape index (κ2) is 13.4. The van der Waals surface area contributed by atoms with Crippen LogP contribution in [0.5, 0.6) is 11.5 Å². The number of rotatable bonds is 11. The molecule has 2 amide bonds. The van der Waals surface area contributed by atoms with Crippen LogP contribution in [0.15, 0.2) is 78.9 Å². The largest absolute Gasteiger partial charge is 0.513 e. The summed E-state index contributed by atoms with van der Waals surface area (Å²) >= 11 is 0. The quantitative estimate of drug-likeness (QED) is 0.231. The van der Waals surface area contributed by atoms with Crippen molar-refractivity contribution in [2.75, 3.05) is 18.5 Å². The number of hydrogen-bond acceptors (Lipinski definition) is 6. The van der Waals surface area contributed by atoms with E-state index in [-0.39, 0.29) is 30.7 Å². The molecule has 0 radical (unpaired) electrons. The first-order valence-electron chi connectivity index (χ1n) is 11.3. The fraction of sp³-hybridized carbons (Fsp3) is 0.222. The molecule has 35 heavy (non-hydrogen) atoms. The number of benzene rings is 3. The molecule has 0 saturated carbocycles. The van der Waals surface area contributed by atoms with Crippen molar-refractivity contribution >= 4 is 23.7 Å². The van der Waals surface area contributed by atoms with Crippen LogP contribution in [0.25, 0.3) is 0 Å². The van der Waals surface area contributed by atoms with E-state index in [2.05, 4.69) is 10.6 Å². The Morgan fingerprint density at radius 1 is 0.829 bits per heavy atom. The van der Waals surface area contributed by atoms with E-state index in [4.69, 9.17) is 14.2 Å².